The Balaban J connectivity index is 4.30. The SMILES string of the molecule is CC/C=C\C/C=C\C/C=C\C/C=C\C/C=C\CCCC(=O)OC(CCCC/C=C\C/C=C\C/C=C\C/C=C\CC)CCCCCCCC(=O)O. The Morgan fingerprint density at radius 3 is 1.24 bits per heavy atom. The molecule has 0 aliphatic heterocycles. The second-order valence-electron chi connectivity index (χ2n) is 12.7. The number of ether oxygens (including phenoxy) is 1. The molecule has 0 saturated carbocycles. The number of carbonyl (C=O) groups is 2. The Morgan fingerprint density at radius 2 is 0.800 bits per heavy atom. The molecule has 0 spiro atoms. The molecular weight excluding hydrogens is 617 g/mol. The van der Waals surface area contributed by atoms with E-state index >= 15 is 0 Å². The van der Waals surface area contributed by atoms with Crippen molar-refractivity contribution in [3.63, 3.8) is 0 Å². The van der Waals surface area contributed by atoms with Crippen molar-refractivity contribution in [2.24, 2.45) is 0 Å². The second-order valence-corrected chi connectivity index (χ2v) is 12.7. The Labute approximate surface area is 307 Å². The topological polar surface area (TPSA) is 63.6 Å². The van der Waals surface area contributed by atoms with Crippen LogP contribution in [0.3, 0.4) is 0 Å². The smallest absolute Gasteiger partial charge is 0.306 e. The zero-order chi connectivity index (χ0) is 36.4. The van der Waals surface area contributed by atoms with Crippen LogP contribution in [-0.2, 0) is 14.3 Å². The molecule has 0 aromatic carbocycles. The summed E-state index contributed by atoms with van der Waals surface area (Å²) in [5, 5.41) is 8.83. The molecule has 0 aromatic heterocycles. The standard InChI is InChI=1S/C46H72O4/c1-3-5-7-9-11-13-15-17-19-20-22-24-26-28-30-35-39-43-46(49)50-44(41-37-33-31-34-38-42-45(47)48)40-36-32-29-27-25-23-21-18-16-14-12-10-8-6-4-2/h5-8,11-14,17-19,21-22,24-25,27-28,30,44H,3-4,9-10,15-16,20,23,26,29,31-43H2,1-2H3,(H,47,48)/b7-5-,8-6-,13-11-,14-12-,19-17-,21-18-,24-22-,27-25-,30-28-. The number of allylic oxidation sites excluding steroid dienone is 18. The van der Waals surface area contributed by atoms with Crippen molar-refractivity contribution in [1.29, 1.82) is 0 Å². The predicted molar refractivity (Wildman–Crippen MR) is 217 cm³/mol. The van der Waals surface area contributed by atoms with E-state index in [-0.39, 0.29) is 18.5 Å². The number of carboxylic acids is 1. The van der Waals surface area contributed by atoms with Crippen LogP contribution in [0.25, 0.3) is 0 Å². The molecule has 4 heteroatoms. The van der Waals surface area contributed by atoms with Crippen LogP contribution in [0.1, 0.15) is 162 Å². The van der Waals surface area contributed by atoms with Gasteiger partial charge in [0.25, 0.3) is 0 Å². The van der Waals surface area contributed by atoms with E-state index in [9.17, 15) is 9.59 Å². The quantitative estimate of drug-likeness (QED) is 0.0415. The number of esters is 1. The van der Waals surface area contributed by atoms with Crippen LogP contribution >= 0.6 is 0 Å². The fourth-order valence-corrected chi connectivity index (χ4v) is 5.15. The van der Waals surface area contributed by atoms with Gasteiger partial charge in [-0.25, -0.2) is 0 Å². The molecular formula is C46H72O4. The summed E-state index contributed by atoms with van der Waals surface area (Å²) in [4.78, 5) is 23.4. The van der Waals surface area contributed by atoms with Crippen molar-refractivity contribution in [2.75, 3.05) is 0 Å². The molecule has 1 atom stereocenters. The number of carboxylic acid groups (broad SMARTS) is 1. The van der Waals surface area contributed by atoms with Gasteiger partial charge in [0.05, 0.1) is 0 Å². The van der Waals surface area contributed by atoms with Crippen molar-refractivity contribution >= 4 is 11.9 Å². The van der Waals surface area contributed by atoms with Crippen LogP contribution in [0, 0.1) is 0 Å². The van der Waals surface area contributed by atoms with Gasteiger partial charge in [-0.2, -0.15) is 0 Å². The molecule has 0 amide bonds. The van der Waals surface area contributed by atoms with Crippen molar-refractivity contribution in [3.8, 4) is 0 Å². The van der Waals surface area contributed by atoms with Crippen LogP contribution in [-0.4, -0.2) is 23.1 Å². The van der Waals surface area contributed by atoms with Crippen LogP contribution < -0.4 is 0 Å². The minimum atomic E-state index is -0.719. The Kier molecular flexibility index (Phi) is 37.3. The van der Waals surface area contributed by atoms with E-state index in [2.05, 4.69) is 123 Å². The van der Waals surface area contributed by atoms with Crippen molar-refractivity contribution < 1.29 is 19.4 Å². The lowest BCUT2D eigenvalue weighted by Crippen LogP contribution is -2.18. The molecule has 0 fully saturated rings. The number of carbonyl (C=O) groups excluding carboxylic acids is 1. The zero-order valence-corrected chi connectivity index (χ0v) is 31.9. The van der Waals surface area contributed by atoms with E-state index in [4.69, 9.17) is 9.84 Å². The summed E-state index contributed by atoms with van der Waals surface area (Å²) in [5.41, 5.74) is 0. The van der Waals surface area contributed by atoms with Crippen molar-refractivity contribution in [1.82, 2.24) is 0 Å². The average molecular weight is 689 g/mol. The summed E-state index contributed by atoms with van der Waals surface area (Å²) in [5.74, 6) is -0.800. The van der Waals surface area contributed by atoms with Crippen LogP contribution in [0.4, 0.5) is 0 Å². The monoisotopic (exact) mass is 689 g/mol. The summed E-state index contributed by atoms with van der Waals surface area (Å²) >= 11 is 0. The Bertz CT molecular complexity index is 1050. The van der Waals surface area contributed by atoms with Gasteiger partial charge in [-0.15, -0.1) is 0 Å². The molecule has 0 heterocycles. The molecule has 0 saturated heterocycles. The van der Waals surface area contributed by atoms with E-state index < -0.39 is 5.97 Å². The van der Waals surface area contributed by atoms with Gasteiger partial charge in [0, 0.05) is 12.8 Å². The lowest BCUT2D eigenvalue weighted by Gasteiger charge is -2.18. The maximum absolute atomic E-state index is 12.7. The Hall–Kier alpha value is -3.40. The summed E-state index contributed by atoms with van der Waals surface area (Å²) in [6.45, 7) is 4.31. The molecule has 0 radical (unpaired) electrons. The first-order valence-corrected chi connectivity index (χ1v) is 19.9. The summed E-state index contributed by atoms with van der Waals surface area (Å²) in [6, 6.07) is 0. The van der Waals surface area contributed by atoms with Gasteiger partial charge < -0.3 is 9.84 Å². The van der Waals surface area contributed by atoms with Gasteiger partial charge in [0.1, 0.15) is 6.10 Å². The van der Waals surface area contributed by atoms with E-state index in [1.807, 2.05) is 0 Å². The molecule has 50 heavy (non-hydrogen) atoms. The largest absolute Gasteiger partial charge is 0.481 e. The van der Waals surface area contributed by atoms with E-state index in [1.165, 1.54) is 0 Å². The molecule has 280 valence electrons. The fraction of sp³-hybridized carbons (Fsp3) is 0.565. The zero-order valence-electron chi connectivity index (χ0n) is 31.9. The van der Waals surface area contributed by atoms with Gasteiger partial charge in [-0.3, -0.25) is 9.59 Å². The normalized spacial score (nSPS) is 13.5. The van der Waals surface area contributed by atoms with Gasteiger partial charge in [0.2, 0.25) is 0 Å². The second kappa shape index (κ2) is 40.0. The summed E-state index contributed by atoms with van der Waals surface area (Å²) < 4.78 is 5.96. The maximum atomic E-state index is 12.7. The maximum Gasteiger partial charge on any atom is 0.306 e. The highest BCUT2D eigenvalue weighted by atomic mass is 16.5. The lowest BCUT2D eigenvalue weighted by molar-refractivity contribution is -0.150. The molecule has 1 unspecified atom stereocenters. The van der Waals surface area contributed by atoms with E-state index in [0.717, 1.165) is 135 Å². The summed E-state index contributed by atoms with van der Waals surface area (Å²) in [6.07, 6.45) is 61.0. The third-order valence-corrected chi connectivity index (χ3v) is 7.99. The molecule has 0 aromatic rings. The van der Waals surface area contributed by atoms with E-state index in [0.29, 0.717) is 6.42 Å². The first-order valence-electron chi connectivity index (χ1n) is 19.9. The molecule has 4 nitrogen and oxygen atoms in total. The Morgan fingerprint density at radius 1 is 0.440 bits per heavy atom. The number of rotatable bonds is 34. The first kappa shape index (κ1) is 46.6. The number of unbranched alkanes of at least 4 members (excludes halogenated alkanes) is 7. The highest BCUT2D eigenvalue weighted by molar-refractivity contribution is 5.69. The van der Waals surface area contributed by atoms with Crippen molar-refractivity contribution in [2.45, 2.75) is 168 Å². The molecule has 0 aliphatic rings. The lowest BCUT2D eigenvalue weighted by atomic mass is 10.0. The fourth-order valence-electron chi connectivity index (χ4n) is 5.15. The molecule has 1 N–H and O–H groups in total. The van der Waals surface area contributed by atoms with E-state index in [1.54, 1.807) is 0 Å². The minimum Gasteiger partial charge on any atom is -0.481 e. The molecule has 0 aliphatic carbocycles. The van der Waals surface area contributed by atoms with Gasteiger partial charge in [-0.05, 0) is 116 Å². The average Bonchev–Trinajstić information content (AvgIpc) is 3.10. The van der Waals surface area contributed by atoms with Crippen molar-refractivity contribution in [3.05, 3.63) is 109 Å². The third-order valence-electron chi connectivity index (χ3n) is 7.99. The molecule has 0 bridgehead atoms. The minimum absolute atomic E-state index is 0.0207. The number of hydrogen-bond donors (Lipinski definition) is 1. The third kappa shape index (κ3) is 39.0. The highest BCUT2D eigenvalue weighted by Gasteiger charge is 2.14. The number of hydrogen-bond acceptors (Lipinski definition) is 3. The summed E-state index contributed by atoms with van der Waals surface area (Å²) in [7, 11) is 0. The molecule has 0 rings (SSSR count). The van der Waals surface area contributed by atoms with Crippen LogP contribution in [0.2, 0.25) is 0 Å². The van der Waals surface area contributed by atoms with Crippen LogP contribution in [0.15, 0.2) is 109 Å². The highest BCUT2D eigenvalue weighted by Crippen LogP contribution is 2.17. The first-order chi connectivity index (χ1) is 24.6. The van der Waals surface area contributed by atoms with Gasteiger partial charge >= 0.3 is 11.9 Å². The van der Waals surface area contributed by atoms with Crippen LogP contribution in [0.5, 0.6) is 0 Å². The van der Waals surface area contributed by atoms with Gasteiger partial charge in [-0.1, -0.05) is 142 Å². The predicted octanol–water partition coefficient (Wildman–Crippen LogP) is 14.0. The van der Waals surface area contributed by atoms with Gasteiger partial charge in [0.15, 0.2) is 0 Å². The number of aliphatic carboxylic acids is 1.